The van der Waals surface area contributed by atoms with E-state index < -0.39 is 0 Å². The molecule has 0 amide bonds. The lowest BCUT2D eigenvalue weighted by Gasteiger charge is -2.24. The van der Waals surface area contributed by atoms with Gasteiger partial charge in [-0.2, -0.15) is 0 Å². The summed E-state index contributed by atoms with van der Waals surface area (Å²) in [4.78, 5) is 4.24. The minimum atomic E-state index is -0.105. The van der Waals surface area contributed by atoms with Gasteiger partial charge in [0.05, 0.1) is 12.1 Å². The number of hydrogen-bond acceptors (Lipinski definition) is 4. The molecule has 0 radical (unpaired) electrons. The van der Waals surface area contributed by atoms with Crippen molar-refractivity contribution in [3.63, 3.8) is 0 Å². The SMILES string of the molecule is CN=C(NCc1cc(-c2ccccc2)on1)NCC1(C)CCCO1. The summed E-state index contributed by atoms with van der Waals surface area (Å²) < 4.78 is 11.2. The summed E-state index contributed by atoms with van der Waals surface area (Å²) in [6.07, 6.45) is 2.19. The van der Waals surface area contributed by atoms with Crippen molar-refractivity contribution in [2.45, 2.75) is 31.9 Å². The molecule has 1 fully saturated rings. The van der Waals surface area contributed by atoms with Crippen LogP contribution in [0.4, 0.5) is 0 Å². The Morgan fingerprint density at radius 3 is 2.83 bits per heavy atom. The van der Waals surface area contributed by atoms with E-state index in [0.29, 0.717) is 6.54 Å². The first-order chi connectivity index (χ1) is 11.7. The van der Waals surface area contributed by atoms with Gasteiger partial charge in [-0.05, 0) is 19.8 Å². The number of aromatic nitrogens is 1. The predicted molar refractivity (Wildman–Crippen MR) is 93.7 cm³/mol. The molecule has 1 atom stereocenters. The Morgan fingerprint density at radius 2 is 2.12 bits per heavy atom. The summed E-state index contributed by atoms with van der Waals surface area (Å²) in [6.45, 7) is 4.25. The molecule has 0 saturated carbocycles. The van der Waals surface area contributed by atoms with Crippen LogP contribution in [-0.2, 0) is 11.3 Å². The molecule has 24 heavy (non-hydrogen) atoms. The second-order valence-electron chi connectivity index (χ2n) is 6.23. The number of benzene rings is 1. The third-order valence-electron chi connectivity index (χ3n) is 4.21. The lowest BCUT2D eigenvalue weighted by molar-refractivity contribution is 0.0243. The molecule has 1 aromatic heterocycles. The van der Waals surface area contributed by atoms with Gasteiger partial charge in [-0.3, -0.25) is 4.99 Å². The van der Waals surface area contributed by atoms with Crippen molar-refractivity contribution in [3.05, 3.63) is 42.1 Å². The van der Waals surface area contributed by atoms with E-state index in [1.807, 2.05) is 36.4 Å². The van der Waals surface area contributed by atoms with E-state index in [1.165, 1.54) is 0 Å². The Hall–Kier alpha value is -2.34. The molecule has 2 heterocycles. The summed E-state index contributed by atoms with van der Waals surface area (Å²) in [5.41, 5.74) is 1.75. The van der Waals surface area contributed by atoms with E-state index in [4.69, 9.17) is 9.26 Å². The van der Waals surface area contributed by atoms with Gasteiger partial charge >= 0.3 is 0 Å². The van der Waals surface area contributed by atoms with Crippen LogP contribution in [0.5, 0.6) is 0 Å². The summed E-state index contributed by atoms with van der Waals surface area (Å²) in [5.74, 6) is 1.50. The van der Waals surface area contributed by atoms with Gasteiger partial charge in [-0.25, -0.2) is 0 Å². The Labute approximate surface area is 142 Å². The zero-order valence-electron chi connectivity index (χ0n) is 14.2. The van der Waals surface area contributed by atoms with Crippen molar-refractivity contribution in [3.8, 4) is 11.3 Å². The van der Waals surface area contributed by atoms with E-state index in [2.05, 4.69) is 27.7 Å². The molecule has 0 bridgehead atoms. The van der Waals surface area contributed by atoms with Crippen molar-refractivity contribution in [2.24, 2.45) is 4.99 Å². The minimum absolute atomic E-state index is 0.105. The van der Waals surface area contributed by atoms with Crippen LogP contribution in [0.15, 0.2) is 45.9 Å². The van der Waals surface area contributed by atoms with Gasteiger partial charge in [-0.15, -0.1) is 0 Å². The molecule has 6 heteroatoms. The van der Waals surface area contributed by atoms with Crippen molar-refractivity contribution in [1.29, 1.82) is 0 Å². The quantitative estimate of drug-likeness (QED) is 0.652. The highest BCUT2D eigenvalue weighted by atomic mass is 16.5. The monoisotopic (exact) mass is 328 g/mol. The molecule has 2 aromatic rings. The number of aliphatic imine (C=N–C) groups is 1. The lowest BCUT2D eigenvalue weighted by atomic mass is 10.0. The molecule has 1 aromatic carbocycles. The van der Waals surface area contributed by atoms with Crippen LogP contribution in [0, 0.1) is 0 Å². The van der Waals surface area contributed by atoms with E-state index >= 15 is 0 Å². The third kappa shape index (κ3) is 4.14. The first-order valence-corrected chi connectivity index (χ1v) is 8.28. The van der Waals surface area contributed by atoms with Crippen molar-refractivity contribution >= 4 is 5.96 Å². The summed E-state index contributed by atoms with van der Waals surface area (Å²) in [7, 11) is 1.76. The maximum absolute atomic E-state index is 5.78. The molecule has 1 unspecified atom stereocenters. The zero-order chi connectivity index (χ0) is 16.8. The summed E-state index contributed by atoms with van der Waals surface area (Å²) >= 11 is 0. The fourth-order valence-electron chi connectivity index (χ4n) is 2.78. The van der Waals surface area contributed by atoms with E-state index in [-0.39, 0.29) is 5.60 Å². The fourth-order valence-corrected chi connectivity index (χ4v) is 2.78. The topological polar surface area (TPSA) is 71.7 Å². The highest BCUT2D eigenvalue weighted by molar-refractivity contribution is 5.79. The molecule has 3 rings (SSSR count). The number of guanidine groups is 1. The van der Waals surface area contributed by atoms with E-state index in [9.17, 15) is 0 Å². The van der Waals surface area contributed by atoms with Gasteiger partial charge in [0.25, 0.3) is 0 Å². The summed E-state index contributed by atoms with van der Waals surface area (Å²) in [5, 5.41) is 10.7. The minimum Gasteiger partial charge on any atom is -0.373 e. The van der Waals surface area contributed by atoms with Gasteiger partial charge in [-0.1, -0.05) is 35.5 Å². The molecule has 1 saturated heterocycles. The van der Waals surface area contributed by atoms with Gasteiger partial charge in [0.15, 0.2) is 11.7 Å². The molecular formula is C18H24N4O2. The molecule has 1 aliphatic rings. The van der Waals surface area contributed by atoms with Crippen molar-refractivity contribution in [1.82, 2.24) is 15.8 Å². The Bertz CT molecular complexity index is 675. The zero-order valence-corrected chi connectivity index (χ0v) is 14.2. The number of nitrogens with zero attached hydrogens (tertiary/aromatic N) is 2. The first-order valence-electron chi connectivity index (χ1n) is 8.28. The lowest BCUT2D eigenvalue weighted by Crippen LogP contribution is -2.45. The Kier molecular flexibility index (Phi) is 5.15. The highest BCUT2D eigenvalue weighted by Gasteiger charge is 2.29. The largest absolute Gasteiger partial charge is 0.373 e. The van der Waals surface area contributed by atoms with Crippen LogP contribution < -0.4 is 10.6 Å². The van der Waals surface area contributed by atoms with Crippen LogP contribution in [-0.4, -0.2) is 36.9 Å². The number of nitrogens with one attached hydrogen (secondary N) is 2. The molecule has 0 spiro atoms. The first kappa shape index (κ1) is 16.5. The van der Waals surface area contributed by atoms with Gasteiger partial charge in [0, 0.05) is 31.8 Å². The standard InChI is InChI=1S/C18H24N4O2/c1-18(9-6-10-23-18)13-21-17(19-2)20-12-15-11-16(24-22-15)14-7-4-3-5-8-14/h3-5,7-8,11H,6,9-10,12-13H2,1-2H3,(H2,19,20,21). The maximum Gasteiger partial charge on any atom is 0.191 e. The molecule has 2 N–H and O–H groups in total. The average molecular weight is 328 g/mol. The number of hydrogen-bond donors (Lipinski definition) is 2. The predicted octanol–water partition coefficient (Wildman–Crippen LogP) is 2.58. The normalized spacial score (nSPS) is 21.0. The van der Waals surface area contributed by atoms with Crippen LogP contribution in [0.25, 0.3) is 11.3 Å². The van der Waals surface area contributed by atoms with Crippen LogP contribution in [0.1, 0.15) is 25.5 Å². The molecule has 0 aliphatic carbocycles. The number of ether oxygens (including phenoxy) is 1. The smallest absolute Gasteiger partial charge is 0.191 e. The second kappa shape index (κ2) is 7.49. The Morgan fingerprint density at radius 1 is 1.29 bits per heavy atom. The van der Waals surface area contributed by atoms with Crippen LogP contribution in [0.2, 0.25) is 0 Å². The highest BCUT2D eigenvalue weighted by Crippen LogP contribution is 2.23. The Balaban J connectivity index is 1.52. The average Bonchev–Trinajstić information content (AvgIpc) is 3.26. The molecule has 6 nitrogen and oxygen atoms in total. The van der Waals surface area contributed by atoms with Crippen LogP contribution in [0.3, 0.4) is 0 Å². The number of rotatable bonds is 5. The maximum atomic E-state index is 5.78. The van der Waals surface area contributed by atoms with Crippen molar-refractivity contribution < 1.29 is 9.26 Å². The second-order valence-corrected chi connectivity index (χ2v) is 6.23. The van der Waals surface area contributed by atoms with E-state index in [1.54, 1.807) is 7.05 Å². The molecule has 128 valence electrons. The molecular weight excluding hydrogens is 304 g/mol. The summed E-state index contributed by atoms with van der Waals surface area (Å²) in [6, 6.07) is 11.9. The van der Waals surface area contributed by atoms with Gasteiger partial charge < -0.3 is 19.9 Å². The van der Waals surface area contributed by atoms with Crippen LogP contribution >= 0.6 is 0 Å². The fraction of sp³-hybridized carbons (Fsp3) is 0.444. The van der Waals surface area contributed by atoms with E-state index in [0.717, 1.165) is 49.0 Å². The molecule has 1 aliphatic heterocycles. The third-order valence-corrected chi connectivity index (χ3v) is 4.21. The van der Waals surface area contributed by atoms with Gasteiger partial charge in [0.1, 0.15) is 5.69 Å². The van der Waals surface area contributed by atoms with Crippen molar-refractivity contribution in [2.75, 3.05) is 20.2 Å². The van der Waals surface area contributed by atoms with Gasteiger partial charge in [0.2, 0.25) is 0 Å².